The Morgan fingerprint density at radius 2 is 2.10 bits per heavy atom. The van der Waals surface area contributed by atoms with Crippen LogP contribution < -0.4 is 4.72 Å². The van der Waals surface area contributed by atoms with Crippen molar-refractivity contribution >= 4 is 37.6 Å². The van der Waals surface area contributed by atoms with Crippen molar-refractivity contribution in [2.45, 2.75) is 30.6 Å². The van der Waals surface area contributed by atoms with Crippen molar-refractivity contribution in [2.75, 3.05) is 6.54 Å². The van der Waals surface area contributed by atoms with Gasteiger partial charge < -0.3 is 0 Å². The summed E-state index contributed by atoms with van der Waals surface area (Å²) < 4.78 is 28.1. The fourth-order valence-corrected chi connectivity index (χ4v) is 5.74. The minimum Gasteiger partial charge on any atom is -0.211 e. The molecule has 3 nitrogen and oxygen atoms in total. The molecule has 3 atom stereocenters. The zero-order valence-electron chi connectivity index (χ0n) is 11.0. The van der Waals surface area contributed by atoms with E-state index in [1.165, 1.54) is 31.7 Å². The zero-order valence-corrected chi connectivity index (χ0v) is 14.1. The van der Waals surface area contributed by atoms with Gasteiger partial charge in [-0.15, -0.1) is 0 Å². The zero-order chi connectivity index (χ0) is 14.3. The number of hydrogen-bond donors (Lipinski definition) is 1. The molecule has 2 bridgehead atoms. The van der Waals surface area contributed by atoms with E-state index >= 15 is 0 Å². The molecule has 2 fully saturated rings. The van der Waals surface area contributed by atoms with Crippen molar-refractivity contribution in [3.63, 3.8) is 0 Å². The van der Waals surface area contributed by atoms with E-state index < -0.39 is 10.0 Å². The molecule has 6 heteroatoms. The summed E-state index contributed by atoms with van der Waals surface area (Å²) >= 11 is 9.30. The molecule has 0 heterocycles. The molecular formula is C14H17BrClNO2S. The maximum absolute atomic E-state index is 12.3. The number of sulfonamides is 1. The predicted octanol–water partition coefficient (Wildman–Crippen LogP) is 3.82. The largest absolute Gasteiger partial charge is 0.242 e. The molecule has 2 aliphatic rings. The Morgan fingerprint density at radius 3 is 2.70 bits per heavy atom. The van der Waals surface area contributed by atoms with Crippen LogP contribution in [-0.4, -0.2) is 15.0 Å². The van der Waals surface area contributed by atoms with Gasteiger partial charge in [0.2, 0.25) is 10.0 Å². The Bertz CT molecular complexity index is 620. The number of benzene rings is 1. The molecule has 3 rings (SSSR count). The van der Waals surface area contributed by atoms with Crippen molar-refractivity contribution in [3.8, 4) is 0 Å². The summed E-state index contributed by atoms with van der Waals surface area (Å²) in [6.45, 7) is 0.538. The third-order valence-electron chi connectivity index (χ3n) is 4.60. The molecule has 0 amide bonds. The summed E-state index contributed by atoms with van der Waals surface area (Å²) in [4.78, 5) is 0.158. The Hall–Kier alpha value is -0.100. The van der Waals surface area contributed by atoms with Crippen LogP contribution in [-0.2, 0) is 10.0 Å². The number of nitrogens with one attached hydrogen (secondary N) is 1. The number of halogens is 2. The van der Waals surface area contributed by atoms with Gasteiger partial charge >= 0.3 is 0 Å². The van der Waals surface area contributed by atoms with Gasteiger partial charge in [-0.1, -0.05) is 34.0 Å². The molecule has 0 radical (unpaired) electrons. The highest BCUT2D eigenvalue weighted by Gasteiger charge is 2.39. The molecule has 1 aromatic carbocycles. The van der Waals surface area contributed by atoms with Gasteiger partial charge in [0.05, 0.1) is 5.02 Å². The average Bonchev–Trinajstić information content (AvgIpc) is 2.98. The van der Waals surface area contributed by atoms with Crippen molar-refractivity contribution in [2.24, 2.45) is 17.8 Å². The second-order valence-corrected chi connectivity index (χ2v) is 8.92. The van der Waals surface area contributed by atoms with E-state index in [9.17, 15) is 8.42 Å². The molecule has 2 saturated carbocycles. The molecule has 2 aliphatic carbocycles. The number of fused-ring (bicyclic) bond motifs is 2. The van der Waals surface area contributed by atoms with Crippen LogP contribution in [0.15, 0.2) is 27.6 Å². The Kier molecular flexibility index (Phi) is 4.15. The summed E-state index contributed by atoms with van der Waals surface area (Å²) in [7, 11) is -3.51. The van der Waals surface area contributed by atoms with Gasteiger partial charge in [-0.25, -0.2) is 13.1 Å². The molecule has 0 aliphatic heterocycles. The van der Waals surface area contributed by atoms with Crippen LogP contribution in [0.1, 0.15) is 25.7 Å². The van der Waals surface area contributed by atoms with E-state index in [1.807, 2.05) is 0 Å². The van der Waals surface area contributed by atoms with E-state index in [-0.39, 0.29) is 9.92 Å². The van der Waals surface area contributed by atoms with Crippen LogP contribution in [0.5, 0.6) is 0 Å². The van der Waals surface area contributed by atoms with Crippen LogP contribution >= 0.6 is 27.5 Å². The molecule has 0 spiro atoms. The van der Waals surface area contributed by atoms with Crippen LogP contribution in [0, 0.1) is 17.8 Å². The van der Waals surface area contributed by atoms with E-state index in [4.69, 9.17) is 11.6 Å². The Morgan fingerprint density at radius 1 is 1.30 bits per heavy atom. The first-order valence-electron chi connectivity index (χ1n) is 6.90. The molecule has 0 saturated heterocycles. The summed E-state index contributed by atoms with van der Waals surface area (Å²) in [6, 6.07) is 4.83. The predicted molar refractivity (Wildman–Crippen MR) is 83.3 cm³/mol. The fraction of sp³-hybridized carbons (Fsp3) is 0.571. The van der Waals surface area contributed by atoms with E-state index in [2.05, 4.69) is 20.7 Å². The van der Waals surface area contributed by atoms with Crippen LogP contribution in [0.3, 0.4) is 0 Å². The van der Waals surface area contributed by atoms with Gasteiger partial charge in [-0.3, -0.25) is 0 Å². The highest BCUT2D eigenvalue weighted by molar-refractivity contribution is 9.10. The minimum atomic E-state index is -3.51. The molecule has 0 aromatic heterocycles. The van der Waals surface area contributed by atoms with Crippen LogP contribution in [0.25, 0.3) is 0 Å². The highest BCUT2D eigenvalue weighted by Crippen LogP contribution is 2.48. The first kappa shape index (κ1) is 14.8. The van der Waals surface area contributed by atoms with Crippen molar-refractivity contribution in [1.82, 2.24) is 4.72 Å². The first-order chi connectivity index (χ1) is 9.45. The number of hydrogen-bond acceptors (Lipinski definition) is 2. The lowest BCUT2D eigenvalue weighted by Gasteiger charge is -2.21. The van der Waals surface area contributed by atoms with Gasteiger partial charge in [0.25, 0.3) is 0 Å². The molecule has 3 unspecified atom stereocenters. The molecule has 110 valence electrons. The maximum Gasteiger partial charge on any atom is 0.242 e. The normalized spacial score (nSPS) is 29.0. The minimum absolute atomic E-state index is 0.158. The summed E-state index contributed by atoms with van der Waals surface area (Å²) in [5.74, 6) is 2.03. The van der Waals surface area contributed by atoms with E-state index in [0.717, 1.165) is 10.4 Å². The van der Waals surface area contributed by atoms with Gasteiger partial charge in [-0.2, -0.15) is 0 Å². The fourth-order valence-electron chi connectivity index (χ4n) is 3.61. The lowest BCUT2D eigenvalue weighted by molar-refractivity contribution is 0.333. The average molecular weight is 379 g/mol. The summed E-state index contributed by atoms with van der Waals surface area (Å²) in [5, 5.41) is 0.250. The van der Waals surface area contributed by atoms with Gasteiger partial charge in [0.15, 0.2) is 0 Å². The quantitative estimate of drug-likeness (QED) is 0.866. The summed E-state index contributed by atoms with van der Waals surface area (Å²) in [5.41, 5.74) is 0. The molecule has 20 heavy (non-hydrogen) atoms. The van der Waals surface area contributed by atoms with Crippen LogP contribution in [0.2, 0.25) is 5.02 Å². The smallest absolute Gasteiger partial charge is 0.211 e. The highest BCUT2D eigenvalue weighted by atomic mass is 79.9. The van der Waals surface area contributed by atoms with E-state index in [1.54, 1.807) is 12.1 Å². The maximum atomic E-state index is 12.3. The molecule has 1 N–H and O–H groups in total. The third kappa shape index (κ3) is 2.91. The van der Waals surface area contributed by atoms with Gasteiger partial charge in [0.1, 0.15) is 4.90 Å². The Balaban J connectivity index is 1.69. The Labute approximate surface area is 133 Å². The number of rotatable bonds is 4. The molecule has 1 aromatic rings. The lowest BCUT2D eigenvalue weighted by Crippen LogP contribution is -2.31. The second kappa shape index (κ2) is 5.59. The molecular weight excluding hydrogens is 362 g/mol. The van der Waals surface area contributed by atoms with Gasteiger partial charge in [0, 0.05) is 11.0 Å². The third-order valence-corrected chi connectivity index (χ3v) is 7.00. The lowest BCUT2D eigenvalue weighted by atomic mass is 9.89. The van der Waals surface area contributed by atoms with Crippen molar-refractivity contribution in [3.05, 3.63) is 27.7 Å². The van der Waals surface area contributed by atoms with E-state index in [0.29, 0.717) is 18.4 Å². The standard InChI is InChI=1S/C14H17BrClNO2S/c15-12-3-4-14(13(16)7-12)20(18,19)17-8-11-6-9-1-2-10(11)5-9/h3-4,7,9-11,17H,1-2,5-6,8H2. The SMILES string of the molecule is O=S(=O)(NCC1CC2CCC1C2)c1ccc(Br)cc1Cl. The van der Waals surface area contributed by atoms with Crippen molar-refractivity contribution in [1.29, 1.82) is 0 Å². The van der Waals surface area contributed by atoms with Crippen LogP contribution in [0.4, 0.5) is 0 Å². The van der Waals surface area contributed by atoms with Gasteiger partial charge in [-0.05, 0) is 55.2 Å². The monoisotopic (exact) mass is 377 g/mol. The topological polar surface area (TPSA) is 46.2 Å². The summed E-state index contributed by atoms with van der Waals surface area (Å²) in [6.07, 6.45) is 5.04. The second-order valence-electron chi connectivity index (χ2n) is 5.86. The first-order valence-corrected chi connectivity index (χ1v) is 9.56. The van der Waals surface area contributed by atoms with Crippen molar-refractivity contribution < 1.29 is 8.42 Å².